The Labute approximate surface area is 188 Å². The number of hydrogen-bond donors (Lipinski definition) is 1. The van der Waals surface area contributed by atoms with Crippen LogP contribution < -0.4 is 4.74 Å². The van der Waals surface area contributed by atoms with Crippen molar-refractivity contribution < 1.29 is 28.6 Å². The van der Waals surface area contributed by atoms with Crippen LogP contribution in [0.4, 0.5) is 4.79 Å². The molecule has 0 bridgehead atoms. The molecule has 9 heteroatoms. The first-order valence-corrected chi connectivity index (χ1v) is 10.2. The third-order valence-electron chi connectivity index (χ3n) is 5.68. The highest BCUT2D eigenvalue weighted by Crippen LogP contribution is 2.45. The fourth-order valence-corrected chi connectivity index (χ4v) is 4.13. The minimum atomic E-state index is -1.58. The van der Waals surface area contributed by atoms with Crippen LogP contribution in [0, 0.1) is 18.3 Å². The average molecular weight is 447 g/mol. The summed E-state index contributed by atoms with van der Waals surface area (Å²) in [6.07, 6.45) is 0.257. The highest BCUT2D eigenvalue weighted by atomic mass is 16.5. The van der Waals surface area contributed by atoms with Gasteiger partial charge in [0, 0.05) is 17.1 Å². The Morgan fingerprint density at radius 3 is 2.70 bits per heavy atom. The van der Waals surface area contributed by atoms with Crippen LogP contribution in [0.25, 0.3) is 22.0 Å². The Morgan fingerprint density at radius 2 is 2.06 bits per heavy atom. The van der Waals surface area contributed by atoms with Crippen molar-refractivity contribution in [3.63, 3.8) is 0 Å². The number of benzene rings is 2. The topological polar surface area (TPSA) is 128 Å². The minimum Gasteiger partial charge on any atom is -0.496 e. The van der Waals surface area contributed by atoms with Gasteiger partial charge in [0.25, 0.3) is 0 Å². The highest BCUT2D eigenvalue weighted by molar-refractivity contribution is 6.00. The van der Waals surface area contributed by atoms with Crippen molar-refractivity contribution in [3.05, 3.63) is 59.1 Å². The maximum atomic E-state index is 13.5. The van der Waals surface area contributed by atoms with Crippen LogP contribution in [0.2, 0.25) is 0 Å². The summed E-state index contributed by atoms with van der Waals surface area (Å²) in [5.74, 6) is -0.236. The number of carbonyl (C=O) groups excluding carboxylic acids is 1. The summed E-state index contributed by atoms with van der Waals surface area (Å²) in [4.78, 5) is 29.8. The highest BCUT2D eigenvalue weighted by Gasteiger charge is 2.47. The first-order chi connectivity index (χ1) is 15.8. The lowest BCUT2D eigenvalue weighted by Gasteiger charge is -2.27. The summed E-state index contributed by atoms with van der Waals surface area (Å²) in [7, 11) is 1.47. The van der Waals surface area contributed by atoms with E-state index in [9.17, 15) is 20.0 Å². The number of carboxylic acid groups (broad SMARTS) is 1. The Bertz CT molecular complexity index is 1460. The van der Waals surface area contributed by atoms with E-state index in [0.29, 0.717) is 44.4 Å². The summed E-state index contributed by atoms with van der Waals surface area (Å²) in [6.45, 7) is 5.16. The molecule has 0 aliphatic carbocycles. The van der Waals surface area contributed by atoms with Crippen LogP contribution >= 0.6 is 0 Å². The molecule has 9 nitrogen and oxygen atoms in total. The molecule has 0 radical (unpaired) electrons. The molecule has 1 unspecified atom stereocenters. The lowest BCUT2D eigenvalue weighted by molar-refractivity contribution is -0.148. The first-order valence-electron chi connectivity index (χ1n) is 10.2. The second kappa shape index (κ2) is 7.98. The summed E-state index contributed by atoms with van der Waals surface area (Å²) < 4.78 is 18.1. The second-order valence-corrected chi connectivity index (χ2v) is 7.66. The third-order valence-corrected chi connectivity index (χ3v) is 5.68. The van der Waals surface area contributed by atoms with E-state index in [1.807, 2.05) is 0 Å². The van der Waals surface area contributed by atoms with E-state index >= 15 is 0 Å². The molecule has 0 aliphatic heterocycles. The number of aromatic nitrogens is 2. The Morgan fingerprint density at radius 1 is 1.30 bits per heavy atom. The van der Waals surface area contributed by atoms with Gasteiger partial charge in [0.15, 0.2) is 11.0 Å². The van der Waals surface area contributed by atoms with Gasteiger partial charge in [-0.3, -0.25) is 9.36 Å². The molecule has 4 aromatic rings. The fourth-order valence-electron chi connectivity index (χ4n) is 4.13. The number of nitrogens with zero attached hydrogens (tertiary/aromatic N) is 3. The largest absolute Gasteiger partial charge is 0.496 e. The molecule has 168 valence electrons. The average Bonchev–Trinajstić information content (AvgIpc) is 3.43. The van der Waals surface area contributed by atoms with Gasteiger partial charge in [-0.15, -0.1) is 0 Å². The van der Waals surface area contributed by atoms with Gasteiger partial charge >= 0.3 is 12.1 Å². The molecule has 0 saturated heterocycles. The van der Waals surface area contributed by atoms with Gasteiger partial charge in [-0.2, -0.15) is 5.26 Å². The molecule has 0 saturated carbocycles. The summed E-state index contributed by atoms with van der Waals surface area (Å²) >= 11 is 0. The van der Waals surface area contributed by atoms with Crippen LogP contribution in [-0.2, 0) is 14.9 Å². The predicted molar refractivity (Wildman–Crippen MR) is 118 cm³/mol. The minimum absolute atomic E-state index is 0.0394. The maximum Gasteiger partial charge on any atom is 0.416 e. The summed E-state index contributed by atoms with van der Waals surface area (Å²) in [5.41, 5.74) is 1.06. The van der Waals surface area contributed by atoms with Crippen molar-refractivity contribution in [2.24, 2.45) is 0 Å². The number of carbonyl (C=O) groups is 2. The number of hydrogen-bond acceptors (Lipinski definition) is 7. The SMILES string of the molecule is CCOC(=O)C(C)(c1nc2cc(C#N)ccc2o1)c1c(OC)cc(C)c2c1ccn2C(=O)O. The lowest BCUT2D eigenvalue weighted by Crippen LogP contribution is -2.37. The Balaban J connectivity index is 2.10. The van der Waals surface area contributed by atoms with E-state index in [0.717, 1.165) is 4.57 Å². The number of rotatable bonds is 5. The molecule has 0 aliphatic rings. The van der Waals surface area contributed by atoms with Gasteiger partial charge < -0.3 is 19.0 Å². The monoisotopic (exact) mass is 447 g/mol. The smallest absolute Gasteiger partial charge is 0.416 e. The van der Waals surface area contributed by atoms with E-state index in [4.69, 9.17) is 13.9 Å². The van der Waals surface area contributed by atoms with Crippen molar-refractivity contribution in [3.8, 4) is 11.8 Å². The zero-order chi connectivity index (χ0) is 23.9. The van der Waals surface area contributed by atoms with Crippen molar-refractivity contribution in [1.29, 1.82) is 5.26 Å². The quantitative estimate of drug-likeness (QED) is 0.447. The van der Waals surface area contributed by atoms with Crippen LogP contribution in [0.5, 0.6) is 5.75 Å². The van der Waals surface area contributed by atoms with Crippen LogP contribution in [-0.4, -0.2) is 40.4 Å². The Hall–Kier alpha value is -4.32. The fraction of sp³-hybridized carbons (Fsp3) is 0.250. The molecular formula is C24H21N3O6. The number of fused-ring (bicyclic) bond motifs is 2. The van der Waals surface area contributed by atoms with Crippen LogP contribution in [0.1, 0.15) is 36.4 Å². The number of methoxy groups -OCH3 is 1. The number of esters is 1. The molecular weight excluding hydrogens is 426 g/mol. The Kier molecular flexibility index (Phi) is 5.30. The zero-order valence-corrected chi connectivity index (χ0v) is 18.5. The normalized spacial score (nSPS) is 12.9. The number of nitriles is 1. The lowest BCUT2D eigenvalue weighted by atomic mass is 9.79. The van der Waals surface area contributed by atoms with Crippen molar-refractivity contribution in [1.82, 2.24) is 9.55 Å². The van der Waals surface area contributed by atoms with Crippen molar-refractivity contribution in [2.75, 3.05) is 13.7 Å². The van der Waals surface area contributed by atoms with E-state index in [2.05, 4.69) is 11.1 Å². The maximum absolute atomic E-state index is 13.5. The zero-order valence-electron chi connectivity index (χ0n) is 18.5. The molecule has 2 aromatic heterocycles. The predicted octanol–water partition coefficient (Wildman–Crippen LogP) is 4.37. The third kappa shape index (κ3) is 3.27. The van der Waals surface area contributed by atoms with Crippen molar-refractivity contribution in [2.45, 2.75) is 26.2 Å². The molecule has 1 atom stereocenters. The van der Waals surface area contributed by atoms with Gasteiger partial charge in [-0.1, -0.05) is 0 Å². The molecule has 4 rings (SSSR count). The van der Waals surface area contributed by atoms with Gasteiger partial charge in [0.05, 0.1) is 30.9 Å². The molecule has 0 fully saturated rings. The molecule has 1 N–H and O–H groups in total. The molecule has 0 spiro atoms. The van der Waals surface area contributed by atoms with Crippen molar-refractivity contribution >= 4 is 34.1 Å². The molecule has 2 aromatic carbocycles. The standard InChI is InChI=1S/C24H21N3O6/c1-5-32-22(28)24(3,21-26-16-11-14(12-25)6-7-17(16)33-21)19-15-8-9-27(23(29)30)20(15)13(2)10-18(19)31-4/h6-11H,5H2,1-4H3,(H,29,30). The van der Waals surface area contributed by atoms with E-state index in [1.165, 1.54) is 13.3 Å². The van der Waals surface area contributed by atoms with E-state index < -0.39 is 17.5 Å². The molecule has 33 heavy (non-hydrogen) atoms. The van der Waals surface area contributed by atoms with E-state index in [1.54, 1.807) is 51.1 Å². The number of ether oxygens (including phenoxy) is 2. The van der Waals surface area contributed by atoms with Gasteiger partial charge in [-0.05, 0) is 56.7 Å². The van der Waals surface area contributed by atoms with E-state index in [-0.39, 0.29) is 12.5 Å². The van der Waals surface area contributed by atoms with Crippen LogP contribution in [0.3, 0.4) is 0 Å². The van der Waals surface area contributed by atoms with Gasteiger partial charge in [0.2, 0.25) is 5.89 Å². The molecule has 2 heterocycles. The number of aryl methyl sites for hydroxylation is 1. The first kappa shape index (κ1) is 21.9. The molecule has 0 amide bonds. The summed E-state index contributed by atoms with van der Waals surface area (Å²) in [6, 6.07) is 10.1. The second-order valence-electron chi connectivity index (χ2n) is 7.66. The van der Waals surface area contributed by atoms with Crippen LogP contribution in [0.15, 0.2) is 40.9 Å². The van der Waals surface area contributed by atoms with Gasteiger partial charge in [-0.25, -0.2) is 9.78 Å². The summed E-state index contributed by atoms with van der Waals surface area (Å²) in [5, 5.41) is 19.4. The number of oxazole rings is 1. The van der Waals surface area contributed by atoms with Gasteiger partial charge in [0.1, 0.15) is 11.3 Å².